The van der Waals surface area contributed by atoms with Gasteiger partial charge in [0.15, 0.2) is 0 Å². The van der Waals surface area contributed by atoms with Crippen LogP contribution in [-0.4, -0.2) is 17.3 Å². The Kier molecular flexibility index (Phi) is 3.50. The van der Waals surface area contributed by atoms with Gasteiger partial charge in [0, 0.05) is 12.6 Å². The number of fused-ring (bicyclic) bond motifs is 1. The molecule has 0 saturated heterocycles. The van der Waals surface area contributed by atoms with Gasteiger partial charge in [0.2, 0.25) is 0 Å². The van der Waals surface area contributed by atoms with Crippen LogP contribution in [0.2, 0.25) is 0 Å². The predicted octanol–water partition coefficient (Wildman–Crippen LogP) is 2.56. The highest BCUT2D eigenvalue weighted by molar-refractivity contribution is 5.32. The number of hydrogen-bond acceptors (Lipinski definition) is 2. The zero-order chi connectivity index (χ0) is 12.5. The van der Waals surface area contributed by atoms with Crippen LogP contribution >= 0.6 is 0 Å². The largest absolute Gasteiger partial charge is 0.389 e. The summed E-state index contributed by atoms with van der Waals surface area (Å²) in [5.74, 6) is -0.160. The van der Waals surface area contributed by atoms with Crippen LogP contribution in [0.1, 0.15) is 43.9 Å². The molecule has 94 valence electrons. The first-order valence-electron chi connectivity index (χ1n) is 6.20. The molecule has 0 aromatic heterocycles. The fourth-order valence-electron chi connectivity index (χ4n) is 2.37. The quantitative estimate of drug-likeness (QED) is 0.847. The van der Waals surface area contributed by atoms with E-state index in [-0.39, 0.29) is 11.9 Å². The van der Waals surface area contributed by atoms with Crippen LogP contribution in [0.15, 0.2) is 18.2 Å². The third kappa shape index (κ3) is 3.27. The van der Waals surface area contributed by atoms with Gasteiger partial charge in [-0.05, 0) is 56.4 Å². The van der Waals surface area contributed by atoms with E-state index < -0.39 is 5.60 Å². The van der Waals surface area contributed by atoms with Crippen molar-refractivity contribution in [2.24, 2.45) is 0 Å². The van der Waals surface area contributed by atoms with E-state index >= 15 is 0 Å². The zero-order valence-electron chi connectivity index (χ0n) is 10.5. The van der Waals surface area contributed by atoms with Crippen molar-refractivity contribution in [2.75, 3.05) is 6.54 Å². The summed E-state index contributed by atoms with van der Waals surface area (Å²) in [6.45, 7) is 4.12. The van der Waals surface area contributed by atoms with Gasteiger partial charge in [0.1, 0.15) is 5.82 Å². The molecule has 0 fully saturated rings. The molecule has 0 spiro atoms. The molecule has 1 atom stereocenters. The van der Waals surface area contributed by atoms with Gasteiger partial charge in [0.25, 0.3) is 0 Å². The summed E-state index contributed by atoms with van der Waals surface area (Å²) in [7, 11) is 0. The molecule has 3 heteroatoms. The summed E-state index contributed by atoms with van der Waals surface area (Å²) in [4.78, 5) is 0. The first-order chi connectivity index (χ1) is 7.96. The highest BCUT2D eigenvalue weighted by atomic mass is 19.1. The zero-order valence-corrected chi connectivity index (χ0v) is 10.5. The van der Waals surface area contributed by atoms with Gasteiger partial charge >= 0.3 is 0 Å². The van der Waals surface area contributed by atoms with E-state index in [9.17, 15) is 9.50 Å². The lowest BCUT2D eigenvalue weighted by molar-refractivity contribution is 0.0756. The maximum absolute atomic E-state index is 13.1. The Bertz CT molecular complexity index is 398. The lowest BCUT2D eigenvalue weighted by Gasteiger charge is -2.29. The maximum atomic E-state index is 13.1. The van der Waals surface area contributed by atoms with E-state index in [0.717, 1.165) is 24.8 Å². The molecule has 1 unspecified atom stereocenters. The molecule has 0 saturated carbocycles. The predicted molar refractivity (Wildman–Crippen MR) is 66.4 cm³/mol. The second-order valence-electron chi connectivity index (χ2n) is 5.48. The Morgan fingerprint density at radius 1 is 1.47 bits per heavy atom. The summed E-state index contributed by atoms with van der Waals surface area (Å²) in [5, 5.41) is 13.1. The van der Waals surface area contributed by atoms with Crippen molar-refractivity contribution in [2.45, 2.75) is 44.8 Å². The van der Waals surface area contributed by atoms with Crippen LogP contribution in [0.5, 0.6) is 0 Å². The molecule has 0 heterocycles. The van der Waals surface area contributed by atoms with Crippen LogP contribution < -0.4 is 5.32 Å². The summed E-state index contributed by atoms with van der Waals surface area (Å²) < 4.78 is 13.1. The molecular formula is C14H20FNO. The van der Waals surface area contributed by atoms with Crippen molar-refractivity contribution >= 4 is 0 Å². The summed E-state index contributed by atoms with van der Waals surface area (Å²) in [5.41, 5.74) is 1.57. The van der Waals surface area contributed by atoms with E-state index in [2.05, 4.69) is 5.32 Å². The summed E-state index contributed by atoms with van der Waals surface area (Å²) in [6.07, 6.45) is 3.07. The first kappa shape index (κ1) is 12.5. The molecule has 1 aromatic rings. The minimum atomic E-state index is -0.711. The van der Waals surface area contributed by atoms with Gasteiger partial charge in [-0.15, -0.1) is 0 Å². The molecule has 2 nitrogen and oxygen atoms in total. The van der Waals surface area contributed by atoms with Gasteiger partial charge in [-0.2, -0.15) is 0 Å². The van der Waals surface area contributed by atoms with Crippen LogP contribution in [0.4, 0.5) is 4.39 Å². The van der Waals surface area contributed by atoms with Gasteiger partial charge in [0.05, 0.1) is 5.60 Å². The lowest BCUT2D eigenvalue weighted by Crippen LogP contribution is -2.37. The van der Waals surface area contributed by atoms with Gasteiger partial charge in [-0.3, -0.25) is 0 Å². The number of hydrogen-bond donors (Lipinski definition) is 2. The van der Waals surface area contributed by atoms with Crippen molar-refractivity contribution in [3.8, 4) is 0 Å². The Balaban J connectivity index is 2.12. The number of benzene rings is 1. The Morgan fingerprint density at radius 2 is 2.24 bits per heavy atom. The second kappa shape index (κ2) is 4.75. The summed E-state index contributed by atoms with van der Waals surface area (Å²) in [6, 6.07) is 5.26. The standard InChI is InChI=1S/C14H20FNO/c1-14(2,17)9-16-13-5-3-4-10-8-11(15)6-7-12(10)13/h6-8,13,16-17H,3-5,9H2,1-2H3. The fourth-order valence-corrected chi connectivity index (χ4v) is 2.37. The van der Waals surface area contributed by atoms with Crippen molar-refractivity contribution in [3.63, 3.8) is 0 Å². The minimum Gasteiger partial charge on any atom is -0.389 e. The van der Waals surface area contributed by atoms with Crippen molar-refractivity contribution in [1.82, 2.24) is 5.32 Å². The number of aliphatic hydroxyl groups is 1. The molecule has 0 bridgehead atoms. The highest BCUT2D eigenvalue weighted by Crippen LogP contribution is 2.30. The molecular weight excluding hydrogens is 217 g/mol. The smallest absolute Gasteiger partial charge is 0.123 e. The third-order valence-corrected chi connectivity index (χ3v) is 3.20. The molecule has 1 aliphatic rings. The Morgan fingerprint density at radius 3 is 2.94 bits per heavy atom. The molecule has 1 aromatic carbocycles. The average Bonchev–Trinajstić information content (AvgIpc) is 2.24. The van der Waals surface area contributed by atoms with E-state index in [1.807, 2.05) is 6.07 Å². The Labute approximate surface area is 102 Å². The Hall–Kier alpha value is -0.930. The minimum absolute atomic E-state index is 0.160. The second-order valence-corrected chi connectivity index (χ2v) is 5.48. The SMILES string of the molecule is CC(C)(O)CNC1CCCc2cc(F)ccc21. The molecule has 17 heavy (non-hydrogen) atoms. The number of nitrogens with one attached hydrogen (secondary N) is 1. The molecule has 0 aliphatic heterocycles. The highest BCUT2D eigenvalue weighted by Gasteiger charge is 2.22. The topological polar surface area (TPSA) is 32.3 Å². The number of rotatable bonds is 3. The lowest BCUT2D eigenvalue weighted by atomic mass is 9.87. The van der Waals surface area contributed by atoms with Crippen LogP contribution in [-0.2, 0) is 6.42 Å². The normalized spacial score (nSPS) is 20.1. The number of aryl methyl sites for hydroxylation is 1. The van der Waals surface area contributed by atoms with Crippen molar-refractivity contribution in [1.29, 1.82) is 0 Å². The first-order valence-corrected chi connectivity index (χ1v) is 6.20. The third-order valence-electron chi connectivity index (χ3n) is 3.20. The van der Waals surface area contributed by atoms with E-state index in [4.69, 9.17) is 0 Å². The van der Waals surface area contributed by atoms with E-state index in [1.54, 1.807) is 19.9 Å². The molecule has 0 amide bonds. The monoisotopic (exact) mass is 237 g/mol. The molecule has 2 rings (SSSR count). The molecule has 2 N–H and O–H groups in total. The van der Waals surface area contributed by atoms with E-state index in [1.165, 1.54) is 11.6 Å². The van der Waals surface area contributed by atoms with Gasteiger partial charge < -0.3 is 10.4 Å². The van der Waals surface area contributed by atoms with Gasteiger partial charge in [-0.1, -0.05) is 6.07 Å². The fraction of sp³-hybridized carbons (Fsp3) is 0.571. The van der Waals surface area contributed by atoms with Crippen molar-refractivity contribution < 1.29 is 9.50 Å². The molecule has 0 radical (unpaired) electrons. The van der Waals surface area contributed by atoms with Crippen molar-refractivity contribution in [3.05, 3.63) is 35.1 Å². The van der Waals surface area contributed by atoms with Crippen LogP contribution in [0.25, 0.3) is 0 Å². The summed E-state index contributed by atoms with van der Waals surface area (Å²) >= 11 is 0. The van der Waals surface area contributed by atoms with Gasteiger partial charge in [-0.25, -0.2) is 4.39 Å². The number of halogens is 1. The average molecular weight is 237 g/mol. The van der Waals surface area contributed by atoms with Crippen LogP contribution in [0.3, 0.4) is 0 Å². The maximum Gasteiger partial charge on any atom is 0.123 e. The van der Waals surface area contributed by atoms with E-state index in [0.29, 0.717) is 6.54 Å². The van der Waals surface area contributed by atoms with Crippen LogP contribution in [0, 0.1) is 5.82 Å². The molecule has 1 aliphatic carbocycles.